The lowest BCUT2D eigenvalue weighted by molar-refractivity contribution is 1.35. The summed E-state index contributed by atoms with van der Waals surface area (Å²) in [6.07, 6.45) is 9.65. The first-order chi connectivity index (χ1) is 5.86. The normalized spacial score (nSPS) is 25.9. The van der Waals surface area contributed by atoms with Gasteiger partial charge in [-0.25, -0.2) is 0 Å². The molecule has 0 aromatic heterocycles. The second-order valence-corrected chi connectivity index (χ2v) is 3.77. The van der Waals surface area contributed by atoms with Gasteiger partial charge < -0.3 is 0 Å². The zero-order chi connectivity index (χ0) is 8.39. The van der Waals surface area contributed by atoms with E-state index in [2.05, 4.69) is 42.4 Å². The van der Waals surface area contributed by atoms with Crippen molar-refractivity contribution in [2.45, 2.75) is 13.3 Å². The van der Waals surface area contributed by atoms with E-state index in [-0.39, 0.29) is 0 Å². The molecule has 2 aliphatic rings. The highest BCUT2D eigenvalue weighted by molar-refractivity contribution is 8.06. The summed E-state index contributed by atoms with van der Waals surface area (Å²) < 4.78 is 0. The molecule has 1 heteroatoms. The molecule has 0 fully saturated rings. The molecule has 12 heavy (non-hydrogen) atoms. The molecule has 0 unspecified atom stereocenters. The fourth-order valence-corrected chi connectivity index (χ4v) is 1.94. The van der Waals surface area contributed by atoms with Gasteiger partial charge in [-0.3, -0.25) is 0 Å². The van der Waals surface area contributed by atoms with Crippen molar-refractivity contribution in [1.82, 2.24) is 0 Å². The summed E-state index contributed by atoms with van der Waals surface area (Å²) in [4.78, 5) is 1.22. The van der Waals surface area contributed by atoms with Crippen LogP contribution in [0.3, 0.4) is 0 Å². The second-order valence-electron chi connectivity index (χ2n) is 2.86. The van der Waals surface area contributed by atoms with E-state index in [4.69, 9.17) is 0 Å². The Kier molecular flexibility index (Phi) is 2.07. The van der Waals surface area contributed by atoms with Crippen LogP contribution in [-0.4, -0.2) is 0 Å². The van der Waals surface area contributed by atoms with Gasteiger partial charge in [-0.15, -0.1) is 0 Å². The van der Waals surface area contributed by atoms with Gasteiger partial charge in [-0.1, -0.05) is 35.7 Å². The lowest BCUT2D eigenvalue weighted by Crippen LogP contribution is -1.85. The molecule has 0 aromatic rings. The number of hydrogen-bond donors (Lipinski definition) is 0. The smallest absolute Gasteiger partial charge is 0.0538 e. The summed E-state index contributed by atoms with van der Waals surface area (Å²) in [6.45, 7) is 2.13. The number of rotatable bonds is 0. The zero-order valence-corrected chi connectivity index (χ0v) is 7.82. The van der Waals surface area contributed by atoms with Gasteiger partial charge in [0.25, 0.3) is 0 Å². The van der Waals surface area contributed by atoms with E-state index >= 15 is 0 Å². The van der Waals surface area contributed by atoms with Crippen molar-refractivity contribution in [1.29, 1.82) is 0 Å². The van der Waals surface area contributed by atoms with Crippen molar-refractivity contribution < 1.29 is 0 Å². The van der Waals surface area contributed by atoms with E-state index in [0.29, 0.717) is 0 Å². The third kappa shape index (κ3) is 1.47. The minimum atomic E-state index is 1.03. The van der Waals surface area contributed by atoms with Gasteiger partial charge in [0.15, 0.2) is 0 Å². The molecule has 2 bridgehead atoms. The van der Waals surface area contributed by atoms with E-state index < -0.39 is 0 Å². The molecule has 0 saturated heterocycles. The van der Waals surface area contributed by atoms with Crippen molar-refractivity contribution in [2.75, 3.05) is 0 Å². The fourth-order valence-electron chi connectivity index (χ4n) is 1.17. The minimum absolute atomic E-state index is 1.03. The van der Waals surface area contributed by atoms with Crippen molar-refractivity contribution in [3.8, 4) is 0 Å². The Labute approximate surface area is 77.1 Å². The van der Waals surface area contributed by atoms with E-state index in [1.807, 2.05) is 0 Å². The number of hydrogen-bond acceptors (Lipinski definition) is 1. The van der Waals surface area contributed by atoms with Crippen LogP contribution < -0.4 is 0 Å². The van der Waals surface area contributed by atoms with E-state index in [9.17, 15) is 0 Å². The highest BCUT2D eigenvalue weighted by Gasteiger charge is 2.03. The van der Waals surface area contributed by atoms with Crippen molar-refractivity contribution in [3.63, 3.8) is 0 Å². The molecule has 60 valence electrons. The van der Waals surface area contributed by atoms with Crippen molar-refractivity contribution >= 4 is 11.8 Å². The molecule has 2 rings (SSSR count). The first-order valence-corrected chi connectivity index (χ1v) is 4.92. The molecule has 0 radical (unpaired) electrons. The summed E-state index contributed by atoms with van der Waals surface area (Å²) >= 11 is 1.75. The Hall–Kier alpha value is -0.910. The van der Waals surface area contributed by atoms with Crippen LogP contribution in [0.15, 0.2) is 51.5 Å². The Balaban J connectivity index is 2.53. The van der Waals surface area contributed by atoms with Crippen LogP contribution in [0.5, 0.6) is 0 Å². The fraction of sp³-hybridized carbons (Fsp3) is 0.182. The number of thioether (sulfide) groups is 1. The van der Waals surface area contributed by atoms with Crippen molar-refractivity contribution in [3.05, 3.63) is 51.5 Å². The van der Waals surface area contributed by atoms with Crippen LogP contribution in [0, 0.1) is 0 Å². The summed E-state index contributed by atoms with van der Waals surface area (Å²) in [5.41, 5.74) is 5.90. The molecule has 0 saturated carbocycles. The molecule has 0 N–H and O–H groups in total. The second kappa shape index (κ2) is 3.22. The largest absolute Gasteiger partial charge is 0.0974 e. The lowest BCUT2D eigenvalue weighted by Gasteiger charge is -2.07. The average Bonchev–Trinajstić information content (AvgIpc) is 2.03. The topological polar surface area (TPSA) is 0 Å². The third-order valence-corrected chi connectivity index (χ3v) is 2.83. The Morgan fingerprint density at radius 3 is 3.08 bits per heavy atom. The van der Waals surface area contributed by atoms with Gasteiger partial charge in [0.05, 0.1) is 4.91 Å². The van der Waals surface area contributed by atoms with Gasteiger partial charge in [0, 0.05) is 5.57 Å². The third-order valence-electron chi connectivity index (χ3n) is 1.87. The Morgan fingerprint density at radius 1 is 1.33 bits per heavy atom. The average molecular weight is 174 g/mol. The Morgan fingerprint density at radius 2 is 2.17 bits per heavy atom. The summed E-state index contributed by atoms with van der Waals surface area (Å²) in [5, 5.41) is 2.18. The first kappa shape index (κ1) is 7.72. The highest BCUT2D eigenvalue weighted by atomic mass is 32.2. The van der Waals surface area contributed by atoms with Crippen LogP contribution in [0.2, 0.25) is 0 Å². The lowest BCUT2D eigenvalue weighted by atomic mass is 10.1. The Bertz CT molecular complexity index is 347. The predicted octanol–water partition coefficient (Wildman–Crippen LogP) is 3.56. The maximum Gasteiger partial charge on any atom is 0.0538 e. The molecule has 0 aromatic carbocycles. The quantitative estimate of drug-likeness (QED) is 0.506. The summed E-state index contributed by atoms with van der Waals surface area (Å²) in [7, 11) is 0. The maximum absolute atomic E-state index is 3.36. The molecule has 1 aliphatic heterocycles. The zero-order valence-electron chi connectivity index (χ0n) is 7.00. The van der Waals surface area contributed by atoms with Crippen molar-refractivity contribution in [2.24, 2.45) is 0 Å². The van der Waals surface area contributed by atoms with Gasteiger partial charge in [-0.2, -0.15) is 0 Å². The first-order valence-electron chi connectivity index (χ1n) is 4.04. The highest BCUT2D eigenvalue weighted by Crippen LogP contribution is 2.29. The summed E-state index contributed by atoms with van der Waals surface area (Å²) in [6, 6.07) is 0. The molecule has 0 nitrogen and oxygen atoms in total. The standard InChI is InChI=1S/C11H10S/c1-9-8-12-11-6-4-2-3-5-10(9)7-11/h3-6,8H,2H2,1H3/b5-3-,6-4-. The monoisotopic (exact) mass is 174 g/mol. The van der Waals surface area contributed by atoms with Gasteiger partial charge in [0.2, 0.25) is 0 Å². The molecule has 0 spiro atoms. The SMILES string of the molecule is CC1=CSC2=C=C1/C=C\C/C=C\2. The van der Waals surface area contributed by atoms with E-state index in [1.54, 1.807) is 11.8 Å². The molecule has 1 aliphatic carbocycles. The molecular weight excluding hydrogens is 164 g/mol. The van der Waals surface area contributed by atoms with Gasteiger partial charge >= 0.3 is 0 Å². The van der Waals surface area contributed by atoms with Gasteiger partial charge in [0.1, 0.15) is 0 Å². The maximum atomic E-state index is 3.36. The van der Waals surface area contributed by atoms with Gasteiger partial charge in [-0.05, 0) is 30.4 Å². The van der Waals surface area contributed by atoms with E-state index in [1.165, 1.54) is 16.1 Å². The summed E-state index contributed by atoms with van der Waals surface area (Å²) in [5.74, 6) is 0. The molecule has 0 amide bonds. The molecule has 1 heterocycles. The van der Waals surface area contributed by atoms with Crippen LogP contribution in [0.4, 0.5) is 0 Å². The number of allylic oxidation sites excluding steroid dienone is 5. The van der Waals surface area contributed by atoms with Crippen LogP contribution in [-0.2, 0) is 0 Å². The van der Waals surface area contributed by atoms with Crippen LogP contribution in [0.25, 0.3) is 0 Å². The van der Waals surface area contributed by atoms with E-state index in [0.717, 1.165) is 6.42 Å². The molecule has 0 atom stereocenters. The predicted molar refractivity (Wildman–Crippen MR) is 54.8 cm³/mol. The van der Waals surface area contributed by atoms with Crippen LogP contribution in [0.1, 0.15) is 13.3 Å². The van der Waals surface area contributed by atoms with Crippen LogP contribution >= 0.6 is 11.8 Å². The minimum Gasteiger partial charge on any atom is -0.0974 e. The molecular formula is C11H10S.